The maximum absolute atomic E-state index is 12.9. The second-order valence-electron chi connectivity index (χ2n) is 6.62. The number of carbonyl (C=O) groups is 1. The number of ether oxygens (including phenoxy) is 4. The summed E-state index contributed by atoms with van der Waals surface area (Å²) in [6, 6.07) is 12.4. The minimum atomic E-state index is -0.121. The van der Waals surface area contributed by atoms with Crippen LogP contribution in [0.2, 0.25) is 0 Å². The average molecular weight is 396 g/mol. The Morgan fingerprint density at radius 1 is 1.07 bits per heavy atom. The van der Waals surface area contributed by atoms with Crippen LogP contribution in [-0.2, 0) is 4.79 Å². The first-order valence-corrected chi connectivity index (χ1v) is 9.33. The van der Waals surface area contributed by atoms with Crippen molar-refractivity contribution in [2.24, 2.45) is 0 Å². The highest BCUT2D eigenvalue weighted by molar-refractivity contribution is 5.79. The number of methoxy groups -OCH3 is 3. The highest BCUT2D eigenvalue weighted by Gasteiger charge is 2.32. The van der Waals surface area contributed by atoms with Gasteiger partial charge >= 0.3 is 0 Å². The van der Waals surface area contributed by atoms with E-state index in [1.807, 2.05) is 29.2 Å². The summed E-state index contributed by atoms with van der Waals surface area (Å²) in [7, 11) is 4.73. The second kappa shape index (κ2) is 9.20. The third kappa shape index (κ3) is 4.37. The van der Waals surface area contributed by atoms with Crippen LogP contribution in [0, 0.1) is 11.3 Å². The topological polar surface area (TPSA) is 81.0 Å². The lowest BCUT2D eigenvalue weighted by Crippen LogP contribution is -2.34. The Balaban J connectivity index is 1.75. The van der Waals surface area contributed by atoms with Crippen molar-refractivity contribution < 1.29 is 23.7 Å². The van der Waals surface area contributed by atoms with E-state index < -0.39 is 0 Å². The van der Waals surface area contributed by atoms with Gasteiger partial charge in [0.1, 0.15) is 11.5 Å². The van der Waals surface area contributed by atoms with E-state index in [9.17, 15) is 4.79 Å². The molecule has 0 bridgehead atoms. The highest BCUT2D eigenvalue weighted by Crippen LogP contribution is 2.39. The summed E-state index contributed by atoms with van der Waals surface area (Å²) >= 11 is 0. The molecule has 1 aliphatic rings. The SMILES string of the molecule is COc1ccc(OC)c([C@H]2CCCN2C(=O)COc2ccc(C#N)cc2OC)c1. The Hall–Kier alpha value is -3.40. The van der Waals surface area contributed by atoms with E-state index in [1.165, 1.54) is 7.11 Å². The normalized spacial score (nSPS) is 15.5. The Bertz CT molecular complexity index is 922. The monoisotopic (exact) mass is 396 g/mol. The zero-order valence-electron chi connectivity index (χ0n) is 16.8. The second-order valence-corrected chi connectivity index (χ2v) is 6.62. The molecule has 29 heavy (non-hydrogen) atoms. The average Bonchev–Trinajstić information content (AvgIpc) is 3.26. The molecule has 3 rings (SSSR count). The third-order valence-electron chi connectivity index (χ3n) is 5.01. The zero-order valence-corrected chi connectivity index (χ0v) is 16.8. The van der Waals surface area contributed by atoms with Gasteiger partial charge in [0.15, 0.2) is 18.1 Å². The fraction of sp³-hybridized carbons (Fsp3) is 0.364. The number of benzene rings is 2. The standard InChI is InChI=1S/C22H24N2O5/c1-26-16-7-9-19(27-2)17(12-16)18-5-4-10-24(18)22(25)14-29-20-8-6-15(13-23)11-21(20)28-3/h6-9,11-12,18H,4-5,10,14H2,1-3H3/t18-/m1/s1. The number of nitrogens with zero attached hydrogens (tertiary/aromatic N) is 2. The number of nitriles is 1. The van der Waals surface area contributed by atoms with Crippen LogP contribution in [0.5, 0.6) is 23.0 Å². The predicted molar refractivity (Wildman–Crippen MR) is 106 cm³/mol. The van der Waals surface area contributed by atoms with Crippen molar-refractivity contribution in [3.05, 3.63) is 47.5 Å². The summed E-state index contributed by atoms with van der Waals surface area (Å²) in [4.78, 5) is 14.7. The van der Waals surface area contributed by atoms with Crippen LogP contribution < -0.4 is 18.9 Å². The molecule has 0 aromatic heterocycles. The van der Waals surface area contributed by atoms with Gasteiger partial charge in [-0.25, -0.2) is 0 Å². The Labute approximate surface area is 170 Å². The molecule has 1 heterocycles. The Morgan fingerprint density at radius 2 is 1.83 bits per heavy atom. The summed E-state index contributed by atoms with van der Waals surface area (Å²) in [6.07, 6.45) is 1.74. The van der Waals surface area contributed by atoms with Crippen LogP contribution in [0.4, 0.5) is 0 Å². The Kier molecular flexibility index (Phi) is 6.45. The molecule has 0 N–H and O–H groups in total. The van der Waals surface area contributed by atoms with Crippen LogP contribution in [-0.4, -0.2) is 45.3 Å². The third-order valence-corrected chi connectivity index (χ3v) is 5.01. The van der Waals surface area contributed by atoms with Crippen LogP contribution in [0.3, 0.4) is 0 Å². The summed E-state index contributed by atoms with van der Waals surface area (Å²) in [5.74, 6) is 2.17. The number of rotatable bonds is 7. The molecule has 1 fully saturated rings. The maximum atomic E-state index is 12.9. The van der Waals surface area contributed by atoms with E-state index in [4.69, 9.17) is 24.2 Å². The molecule has 7 nitrogen and oxygen atoms in total. The molecule has 152 valence electrons. The van der Waals surface area contributed by atoms with Crippen molar-refractivity contribution in [3.63, 3.8) is 0 Å². The van der Waals surface area contributed by atoms with E-state index in [1.54, 1.807) is 32.4 Å². The van der Waals surface area contributed by atoms with Gasteiger partial charge < -0.3 is 23.8 Å². The lowest BCUT2D eigenvalue weighted by atomic mass is 10.0. The highest BCUT2D eigenvalue weighted by atomic mass is 16.5. The first-order chi connectivity index (χ1) is 14.1. The number of likely N-dealkylation sites (tertiary alicyclic amines) is 1. The van der Waals surface area contributed by atoms with Gasteiger partial charge in [-0.05, 0) is 43.2 Å². The van der Waals surface area contributed by atoms with Gasteiger partial charge in [-0.3, -0.25) is 4.79 Å². The van der Waals surface area contributed by atoms with Crippen molar-refractivity contribution >= 4 is 5.91 Å². The number of hydrogen-bond donors (Lipinski definition) is 0. The van der Waals surface area contributed by atoms with E-state index in [0.29, 0.717) is 23.6 Å². The van der Waals surface area contributed by atoms with Crippen molar-refractivity contribution in [1.29, 1.82) is 5.26 Å². The van der Waals surface area contributed by atoms with Crippen molar-refractivity contribution in [3.8, 4) is 29.1 Å². The van der Waals surface area contributed by atoms with E-state index in [2.05, 4.69) is 0 Å². The van der Waals surface area contributed by atoms with Crippen molar-refractivity contribution in [2.75, 3.05) is 34.5 Å². The van der Waals surface area contributed by atoms with Gasteiger partial charge in [-0.15, -0.1) is 0 Å². The summed E-state index contributed by atoms with van der Waals surface area (Å²) in [5.41, 5.74) is 1.39. The quantitative estimate of drug-likeness (QED) is 0.714. The number of carbonyl (C=O) groups excluding carboxylic acids is 1. The summed E-state index contributed by atoms with van der Waals surface area (Å²) in [6.45, 7) is 0.531. The lowest BCUT2D eigenvalue weighted by Gasteiger charge is -2.26. The first-order valence-electron chi connectivity index (χ1n) is 9.33. The van der Waals surface area contributed by atoms with Crippen molar-refractivity contribution in [2.45, 2.75) is 18.9 Å². The molecule has 2 aromatic rings. The molecule has 0 aliphatic carbocycles. The van der Waals surface area contributed by atoms with Gasteiger partial charge in [0.25, 0.3) is 5.91 Å². The van der Waals surface area contributed by atoms with Gasteiger partial charge in [-0.1, -0.05) is 0 Å². The van der Waals surface area contributed by atoms with E-state index in [0.717, 1.165) is 29.9 Å². The van der Waals surface area contributed by atoms with Gasteiger partial charge in [0.05, 0.1) is 39.0 Å². The fourth-order valence-electron chi connectivity index (χ4n) is 3.57. The smallest absolute Gasteiger partial charge is 0.261 e. The largest absolute Gasteiger partial charge is 0.497 e. The fourth-order valence-corrected chi connectivity index (χ4v) is 3.57. The van der Waals surface area contributed by atoms with Crippen LogP contribution in [0.15, 0.2) is 36.4 Å². The van der Waals surface area contributed by atoms with Gasteiger partial charge in [0.2, 0.25) is 0 Å². The molecule has 1 aliphatic heterocycles. The molecule has 0 unspecified atom stereocenters. The maximum Gasteiger partial charge on any atom is 0.261 e. The predicted octanol–water partition coefficient (Wildman–Crippen LogP) is 3.33. The molecule has 2 aromatic carbocycles. The molecule has 1 saturated heterocycles. The first kappa shape index (κ1) is 20.3. The van der Waals surface area contributed by atoms with Crippen LogP contribution in [0.25, 0.3) is 0 Å². The van der Waals surface area contributed by atoms with Crippen LogP contribution >= 0.6 is 0 Å². The number of amides is 1. The Morgan fingerprint density at radius 3 is 2.52 bits per heavy atom. The molecular formula is C22H24N2O5. The number of hydrogen-bond acceptors (Lipinski definition) is 6. The zero-order chi connectivity index (χ0) is 20.8. The summed E-state index contributed by atoms with van der Waals surface area (Å²) < 4.78 is 21.8. The van der Waals surface area contributed by atoms with E-state index >= 15 is 0 Å². The summed E-state index contributed by atoms with van der Waals surface area (Å²) in [5, 5.41) is 9.00. The van der Waals surface area contributed by atoms with E-state index in [-0.39, 0.29) is 18.6 Å². The van der Waals surface area contributed by atoms with Crippen molar-refractivity contribution in [1.82, 2.24) is 4.90 Å². The minimum absolute atomic E-state index is 0.0981. The molecule has 0 saturated carbocycles. The lowest BCUT2D eigenvalue weighted by molar-refractivity contribution is -0.134. The van der Waals surface area contributed by atoms with Gasteiger partial charge in [0, 0.05) is 18.2 Å². The molecule has 0 radical (unpaired) electrons. The van der Waals surface area contributed by atoms with Crippen LogP contribution in [0.1, 0.15) is 30.0 Å². The minimum Gasteiger partial charge on any atom is -0.497 e. The molecule has 7 heteroatoms. The molecule has 1 amide bonds. The molecule has 0 spiro atoms. The molecular weight excluding hydrogens is 372 g/mol. The van der Waals surface area contributed by atoms with Gasteiger partial charge in [-0.2, -0.15) is 5.26 Å². The molecule has 1 atom stereocenters.